The highest BCUT2D eigenvalue weighted by Gasteiger charge is 2.60. The minimum atomic E-state index is -0.530. The number of nitrogens with one attached hydrogen (secondary N) is 2. The minimum absolute atomic E-state index is 0.0347. The van der Waals surface area contributed by atoms with Crippen LogP contribution >= 0.6 is 0 Å². The Bertz CT molecular complexity index is 1520. The molecule has 0 spiro atoms. The van der Waals surface area contributed by atoms with Gasteiger partial charge in [-0.1, -0.05) is 13.8 Å². The molecule has 282 valence electrons. The van der Waals surface area contributed by atoms with Gasteiger partial charge in [0.15, 0.2) is 5.52 Å². The number of amides is 1. The molecule has 0 radical (unpaired) electrons. The quantitative estimate of drug-likeness (QED) is 0.0820. The number of carbonyl (C=O) groups is 2. The van der Waals surface area contributed by atoms with E-state index in [1.54, 1.807) is 0 Å². The van der Waals surface area contributed by atoms with Crippen LogP contribution in [-0.2, 0) is 23.8 Å². The van der Waals surface area contributed by atoms with Gasteiger partial charge in [0.1, 0.15) is 6.61 Å². The molecule has 4 saturated carbocycles. The second kappa shape index (κ2) is 16.5. The van der Waals surface area contributed by atoms with Crippen molar-refractivity contribution in [1.82, 2.24) is 15.6 Å². The zero-order valence-electron chi connectivity index (χ0n) is 30.2. The highest BCUT2D eigenvalue weighted by molar-refractivity contribution is 5.94. The number of esters is 1. The molecule has 6 rings (SSSR count). The van der Waals surface area contributed by atoms with Crippen molar-refractivity contribution < 1.29 is 33.4 Å². The number of nitro benzene ring substituents is 1. The SMILES string of the molecule is CC12CCC3C(CCC4C[C@H](NC(=O)CNc5ccc([N+](=O)[O-])c6nonc56)CCC43C)C1CCC2CCCC(=O)OCCOCCOCCN. The van der Waals surface area contributed by atoms with Crippen LogP contribution in [0.1, 0.15) is 90.9 Å². The second-order valence-corrected chi connectivity index (χ2v) is 15.8. The average Bonchev–Trinajstić information content (AvgIpc) is 3.73. The molecule has 1 amide bonds. The standard InChI is InChI=1S/C37H56N6O8/c1-36-15-13-29-27(28(36)9-7-24(36)4-3-5-33(45)50-21-20-49-19-18-48-17-16-38)8-6-25-22-26(12-14-37(25,29)2)40-32(44)23-39-30-10-11-31(43(46)47)35-34(30)41-51-42-35/h10-11,24-29,39H,3-9,12-23,38H2,1-2H3,(H,40,44)/t24?,25?,26-,27?,28?,29?,36?,37?/m1/s1. The molecular weight excluding hydrogens is 656 g/mol. The molecule has 14 heteroatoms. The number of nitro groups is 1. The average molecular weight is 713 g/mol. The molecule has 1 aromatic heterocycles. The highest BCUT2D eigenvalue weighted by atomic mass is 16.6. The lowest BCUT2D eigenvalue weighted by atomic mass is 9.44. The van der Waals surface area contributed by atoms with E-state index in [2.05, 4.69) is 34.8 Å². The lowest BCUT2D eigenvalue weighted by molar-refractivity contribution is -0.383. The van der Waals surface area contributed by atoms with Crippen molar-refractivity contribution in [2.75, 3.05) is 51.4 Å². The first-order chi connectivity index (χ1) is 24.6. The molecule has 51 heavy (non-hydrogen) atoms. The number of non-ortho nitro benzene ring substituents is 1. The van der Waals surface area contributed by atoms with Gasteiger partial charge in [0, 0.05) is 25.1 Å². The fraction of sp³-hybridized carbons (Fsp3) is 0.784. The number of aromatic nitrogens is 2. The Kier molecular flexibility index (Phi) is 12.1. The second-order valence-electron chi connectivity index (χ2n) is 15.8. The predicted molar refractivity (Wildman–Crippen MR) is 190 cm³/mol. The molecule has 1 aromatic carbocycles. The number of nitrogens with zero attached hydrogens (tertiary/aromatic N) is 3. The Morgan fingerprint density at radius 3 is 2.51 bits per heavy atom. The van der Waals surface area contributed by atoms with Crippen LogP contribution < -0.4 is 16.4 Å². The lowest BCUT2D eigenvalue weighted by Gasteiger charge is -2.61. The Balaban J connectivity index is 0.934. The number of anilines is 1. The van der Waals surface area contributed by atoms with E-state index < -0.39 is 4.92 Å². The van der Waals surface area contributed by atoms with Gasteiger partial charge in [-0.05, 0) is 127 Å². The summed E-state index contributed by atoms with van der Waals surface area (Å²) in [6.45, 7) is 7.78. The van der Waals surface area contributed by atoms with Gasteiger partial charge in [0.25, 0.3) is 0 Å². The Hall–Kier alpha value is -3.36. The van der Waals surface area contributed by atoms with E-state index in [1.807, 2.05) is 0 Å². The van der Waals surface area contributed by atoms with E-state index >= 15 is 0 Å². The smallest absolute Gasteiger partial charge is 0.305 e. The molecule has 7 unspecified atom stereocenters. The maximum atomic E-state index is 13.0. The summed E-state index contributed by atoms with van der Waals surface area (Å²) in [6, 6.07) is 3.02. The number of nitrogens with two attached hydrogens (primary N) is 1. The van der Waals surface area contributed by atoms with Gasteiger partial charge in [0.2, 0.25) is 11.4 Å². The van der Waals surface area contributed by atoms with Crippen molar-refractivity contribution in [2.45, 2.75) is 96.9 Å². The van der Waals surface area contributed by atoms with Gasteiger partial charge in [-0.2, -0.15) is 0 Å². The molecule has 4 fully saturated rings. The maximum Gasteiger partial charge on any atom is 0.305 e. The third kappa shape index (κ3) is 8.17. The van der Waals surface area contributed by atoms with E-state index in [-0.39, 0.29) is 47.8 Å². The summed E-state index contributed by atoms with van der Waals surface area (Å²) < 4.78 is 20.9. The van der Waals surface area contributed by atoms with Crippen LogP contribution in [0.5, 0.6) is 0 Å². The summed E-state index contributed by atoms with van der Waals surface area (Å²) in [5.74, 6) is 3.28. The summed E-state index contributed by atoms with van der Waals surface area (Å²) in [7, 11) is 0. The van der Waals surface area contributed by atoms with Gasteiger partial charge >= 0.3 is 11.7 Å². The normalized spacial score (nSPS) is 31.4. The summed E-state index contributed by atoms with van der Waals surface area (Å²) in [6.07, 6.45) is 13.2. The molecule has 14 nitrogen and oxygen atoms in total. The topological polar surface area (TPSA) is 194 Å². The fourth-order valence-electron chi connectivity index (χ4n) is 10.8. The summed E-state index contributed by atoms with van der Waals surface area (Å²) in [5.41, 5.74) is 6.62. The van der Waals surface area contributed by atoms with Crippen molar-refractivity contribution in [3.63, 3.8) is 0 Å². The van der Waals surface area contributed by atoms with E-state index in [1.165, 1.54) is 50.7 Å². The van der Waals surface area contributed by atoms with Crippen molar-refractivity contribution in [3.05, 3.63) is 22.2 Å². The molecule has 4 N–H and O–H groups in total. The molecule has 0 saturated heterocycles. The summed E-state index contributed by atoms with van der Waals surface area (Å²) >= 11 is 0. The van der Waals surface area contributed by atoms with Gasteiger partial charge in [0.05, 0.1) is 43.6 Å². The first-order valence-corrected chi connectivity index (χ1v) is 19.1. The van der Waals surface area contributed by atoms with Crippen molar-refractivity contribution in [2.24, 2.45) is 46.2 Å². The number of carbonyl (C=O) groups excluding carboxylic acids is 2. The molecule has 8 atom stereocenters. The van der Waals surface area contributed by atoms with Crippen molar-refractivity contribution in [3.8, 4) is 0 Å². The molecule has 0 aliphatic heterocycles. The van der Waals surface area contributed by atoms with Crippen LogP contribution in [0.4, 0.5) is 11.4 Å². The number of ether oxygens (including phenoxy) is 3. The number of hydrogen-bond acceptors (Lipinski definition) is 12. The van der Waals surface area contributed by atoms with Crippen LogP contribution in [0.3, 0.4) is 0 Å². The molecule has 2 aromatic rings. The zero-order valence-corrected chi connectivity index (χ0v) is 30.2. The van der Waals surface area contributed by atoms with Gasteiger partial charge in [-0.25, -0.2) is 4.63 Å². The van der Waals surface area contributed by atoms with Gasteiger partial charge < -0.3 is 30.6 Å². The maximum absolute atomic E-state index is 13.0. The Morgan fingerprint density at radius 2 is 1.71 bits per heavy atom. The van der Waals surface area contributed by atoms with Crippen LogP contribution in [0.2, 0.25) is 0 Å². The first kappa shape index (κ1) is 37.4. The van der Waals surface area contributed by atoms with Crippen LogP contribution in [0.15, 0.2) is 16.8 Å². The molecule has 1 heterocycles. The summed E-state index contributed by atoms with van der Waals surface area (Å²) in [5, 5.41) is 25.1. The highest BCUT2D eigenvalue weighted by Crippen LogP contribution is 2.68. The number of hydrogen-bond donors (Lipinski definition) is 3. The third-order valence-electron chi connectivity index (χ3n) is 13.3. The largest absolute Gasteiger partial charge is 0.463 e. The van der Waals surface area contributed by atoms with Gasteiger partial charge in [-0.15, -0.1) is 0 Å². The van der Waals surface area contributed by atoms with E-state index in [0.717, 1.165) is 49.9 Å². The molecule has 4 aliphatic carbocycles. The summed E-state index contributed by atoms with van der Waals surface area (Å²) in [4.78, 5) is 36.2. The number of benzene rings is 1. The molecular formula is C37H56N6O8. The van der Waals surface area contributed by atoms with Gasteiger partial charge in [-0.3, -0.25) is 19.7 Å². The van der Waals surface area contributed by atoms with Crippen LogP contribution in [0.25, 0.3) is 11.0 Å². The number of fused-ring (bicyclic) bond motifs is 6. The number of rotatable bonds is 17. The minimum Gasteiger partial charge on any atom is -0.463 e. The molecule has 0 bridgehead atoms. The fourth-order valence-corrected chi connectivity index (χ4v) is 10.8. The van der Waals surface area contributed by atoms with Crippen LogP contribution in [0, 0.1) is 50.5 Å². The zero-order chi connectivity index (χ0) is 36.0. The van der Waals surface area contributed by atoms with E-state index in [4.69, 9.17) is 24.6 Å². The van der Waals surface area contributed by atoms with Crippen LogP contribution in [-0.4, -0.2) is 79.3 Å². The third-order valence-corrected chi connectivity index (χ3v) is 13.3. The Labute approximate surface area is 299 Å². The monoisotopic (exact) mass is 712 g/mol. The van der Waals surface area contributed by atoms with E-state index in [0.29, 0.717) is 67.7 Å². The van der Waals surface area contributed by atoms with Crippen molar-refractivity contribution >= 4 is 34.3 Å². The lowest BCUT2D eigenvalue weighted by Crippen LogP contribution is -2.55. The first-order valence-electron chi connectivity index (χ1n) is 19.1. The molecule has 4 aliphatic rings. The predicted octanol–water partition coefficient (Wildman–Crippen LogP) is 5.39. The Morgan fingerprint density at radius 1 is 0.961 bits per heavy atom. The van der Waals surface area contributed by atoms with Crippen molar-refractivity contribution in [1.29, 1.82) is 0 Å². The van der Waals surface area contributed by atoms with E-state index in [9.17, 15) is 19.7 Å².